The Bertz CT molecular complexity index is 2110. The van der Waals surface area contributed by atoms with E-state index in [1.807, 2.05) is 0 Å². The molecule has 50 heavy (non-hydrogen) atoms. The number of furan rings is 1. The van der Waals surface area contributed by atoms with Crippen molar-refractivity contribution in [3.8, 4) is 5.75 Å². The van der Waals surface area contributed by atoms with E-state index < -0.39 is 46.3 Å². The van der Waals surface area contributed by atoms with Gasteiger partial charge in [-0.2, -0.15) is 0 Å². The predicted molar refractivity (Wildman–Crippen MR) is 188 cm³/mol. The van der Waals surface area contributed by atoms with E-state index in [0.717, 1.165) is 10.2 Å². The first kappa shape index (κ1) is 36.5. The summed E-state index contributed by atoms with van der Waals surface area (Å²) in [6.45, 7) is 9.86. The van der Waals surface area contributed by atoms with E-state index in [2.05, 4.69) is 10.3 Å². The van der Waals surface area contributed by atoms with E-state index in [-0.39, 0.29) is 25.1 Å². The molecule has 0 aliphatic rings. The number of benzene rings is 3. The summed E-state index contributed by atoms with van der Waals surface area (Å²) in [4.78, 5) is 55.7. The number of carbonyl (C=O) groups excluding carboxylic acids is 3. The molecule has 0 atom stereocenters. The second-order valence-electron chi connectivity index (χ2n) is 13.9. The number of nitrogens with zero attached hydrogens (tertiary/aromatic N) is 3. The molecule has 262 valence electrons. The maximum atomic E-state index is 14.2. The van der Waals surface area contributed by atoms with Crippen molar-refractivity contribution in [2.24, 2.45) is 5.41 Å². The van der Waals surface area contributed by atoms with Gasteiger partial charge in [-0.1, -0.05) is 46.6 Å². The fourth-order valence-corrected chi connectivity index (χ4v) is 5.54. The predicted octanol–water partition coefficient (Wildman–Crippen LogP) is 7.76. The molecule has 0 N–H and O–H groups in total. The first-order valence-electron chi connectivity index (χ1n) is 15.9. The highest BCUT2D eigenvalue weighted by atomic mass is 35.5. The number of aromatic nitrogens is 3. The van der Waals surface area contributed by atoms with Gasteiger partial charge in [-0.15, -0.1) is 5.10 Å². The molecule has 5 aromatic rings. The zero-order valence-corrected chi connectivity index (χ0v) is 30.1. The van der Waals surface area contributed by atoms with Gasteiger partial charge in [0.05, 0.1) is 21.0 Å². The Morgan fingerprint density at radius 1 is 0.840 bits per heavy atom. The highest BCUT2D eigenvalue weighted by Crippen LogP contribution is 2.38. The molecule has 0 fully saturated rings. The van der Waals surface area contributed by atoms with E-state index in [1.54, 1.807) is 102 Å². The number of hydrogen-bond donors (Lipinski definition) is 0. The summed E-state index contributed by atoms with van der Waals surface area (Å²) in [6.07, 6.45) is 0.277. The maximum absolute atomic E-state index is 14.2. The normalized spacial score (nSPS) is 12.2. The summed E-state index contributed by atoms with van der Waals surface area (Å²) in [5.74, 6) is -2.06. The van der Waals surface area contributed by atoms with Crippen molar-refractivity contribution in [3.05, 3.63) is 98.5 Å². The van der Waals surface area contributed by atoms with E-state index in [0.29, 0.717) is 37.7 Å². The number of fused-ring (bicyclic) bond motifs is 2. The van der Waals surface area contributed by atoms with Crippen LogP contribution in [0, 0.1) is 5.41 Å². The highest BCUT2D eigenvalue weighted by molar-refractivity contribution is 6.42. The molecule has 13 heteroatoms. The van der Waals surface area contributed by atoms with Gasteiger partial charge in [0.25, 0.3) is 5.56 Å². The van der Waals surface area contributed by atoms with Crippen molar-refractivity contribution in [1.82, 2.24) is 15.0 Å². The lowest BCUT2D eigenvalue weighted by Gasteiger charge is -2.34. The fourth-order valence-electron chi connectivity index (χ4n) is 5.22. The summed E-state index contributed by atoms with van der Waals surface area (Å²) >= 11 is 12.1. The van der Waals surface area contributed by atoms with Crippen LogP contribution in [0.3, 0.4) is 0 Å². The molecule has 0 aliphatic heterocycles. The van der Waals surface area contributed by atoms with Crippen molar-refractivity contribution >= 4 is 62.8 Å². The quantitative estimate of drug-likeness (QED) is 0.0755. The van der Waals surface area contributed by atoms with Crippen LogP contribution in [-0.4, -0.2) is 43.9 Å². The summed E-state index contributed by atoms with van der Waals surface area (Å²) in [7, 11) is 0. The number of esters is 2. The average Bonchev–Trinajstić information content (AvgIpc) is 3.46. The van der Waals surface area contributed by atoms with Crippen LogP contribution in [-0.2, 0) is 32.2 Å². The largest absolute Gasteiger partial charge is 0.489 e. The van der Waals surface area contributed by atoms with E-state index in [4.69, 9.17) is 41.8 Å². The molecule has 0 unspecified atom stereocenters. The van der Waals surface area contributed by atoms with Crippen LogP contribution in [0.25, 0.3) is 21.9 Å². The summed E-state index contributed by atoms with van der Waals surface area (Å²) in [6, 6.07) is 16.8. The first-order chi connectivity index (χ1) is 23.5. The SMILES string of the molecule is CC(C)(C)OC(=O)C(CCn1nnc2ccccc2c1=O)(CC(=O)c1coc2cc(OCc3ccc(Cl)c(Cl)c3)ccc12)C(=O)OC(C)(C)C. The number of rotatable bonds is 11. The molecule has 5 rings (SSSR count). The molecule has 0 spiro atoms. The van der Waals surface area contributed by atoms with Gasteiger partial charge >= 0.3 is 11.9 Å². The van der Waals surface area contributed by atoms with Crippen LogP contribution >= 0.6 is 23.2 Å². The first-order valence-corrected chi connectivity index (χ1v) is 16.6. The zero-order chi connectivity index (χ0) is 36.4. The Morgan fingerprint density at radius 2 is 1.52 bits per heavy atom. The summed E-state index contributed by atoms with van der Waals surface area (Å²) < 4.78 is 24.2. The number of ketones is 1. The van der Waals surface area contributed by atoms with Crippen LogP contribution in [0.5, 0.6) is 5.75 Å². The molecule has 0 bridgehead atoms. The molecular formula is C37H37Cl2N3O8. The molecule has 11 nitrogen and oxygen atoms in total. The van der Waals surface area contributed by atoms with Crippen molar-refractivity contribution in [3.63, 3.8) is 0 Å². The van der Waals surface area contributed by atoms with Crippen LogP contribution in [0.15, 0.2) is 76.1 Å². The number of Topliss-reactive ketones (excluding diaryl/α,β-unsaturated/α-hetero) is 1. The van der Waals surface area contributed by atoms with Gasteiger partial charge in [0, 0.05) is 24.4 Å². The van der Waals surface area contributed by atoms with E-state index in [1.165, 1.54) is 6.26 Å². The third-order valence-electron chi connectivity index (χ3n) is 7.66. The van der Waals surface area contributed by atoms with Gasteiger partial charge in [0.1, 0.15) is 40.9 Å². The van der Waals surface area contributed by atoms with Gasteiger partial charge in [0.2, 0.25) is 0 Å². The van der Waals surface area contributed by atoms with E-state index in [9.17, 15) is 19.2 Å². The lowest BCUT2D eigenvalue weighted by atomic mass is 9.78. The minimum atomic E-state index is -2.17. The Balaban J connectivity index is 1.48. The molecule has 0 amide bonds. The number of halogens is 2. The Labute approximate surface area is 298 Å². The molecule has 2 heterocycles. The molecular weight excluding hydrogens is 685 g/mol. The molecule has 0 saturated heterocycles. The minimum absolute atomic E-state index is 0.134. The fraction of sp³-hybridized carbons (Fsp3) is 0.351. The van der Waals surface area contributed by atoms with Gasteiger partial charge in [-0.05, 0) is 89.9 Å². The Kier molecular flexibility index (Phi) is 10.4. The van der Waals surface area contributed by atoms with Crippen LogP contribution in [0.2, 0.25) is 10.0 Å². The molecule has 0 radical (unpaired) electrons. The maximum Gasteiger partial charge on any atom is 0.324 e. The molecule has 0 saturated carbocycles. The average molecular weight is 723 g/mol. The third-order valence-corrected chi connectivity index (χ3v) is 8.40. The lowest BCUT2D eigenvalue weighted by molar-refractivity contribution is -0.186. The number of aryl methyl sites for hydroxylation is 1. The van der Waals surface area contributed by atoms with Gasteiger partial charge in [-0.25, -0.2) is 4.68 Å². The molecule has 2 aromatic heterocycles. The minimum Gasteiger partial charge on any atom is -0.489 e. The lowest BCUT2D eigenvalue weighted by Crippen LogP contribution is -2.49. The van der Waals surface area contributed by atoms with Gasteiger partial charge in [-0.3, -0.25) is 19.2 Å². The standard InChI is InChI=1S/C37H37Cl2N3O8/c1-35(2,3)49-33(45)37(34(46)50-36(4,5)6,15-16-42-32(44)25-9-7-8-10-29(25)40-41-42)19-30(43)26-21-48-31-18-23(12-13-24(26)31)47-20-22-11-14-27(38)28(39)17-22/h7-14,17-18,21H,15-16,19-20H2,1-6H3. The second-order valence-corrected chi connectivity index (χ2v) is 14.7. The Morgan fingerprint density at radius 3 is 2.18 bits per heavy atom. The van der Waals surface area contributed by atoms with Crippen molar-refractivity contribution in [2.45, 2.75) is 78.7 Å². The van der Waals surface area contributed by atoms with E-state index >= 15 is 0 Å². The van der Waals surface area contributed by atoms with Gasteiger partial charge < -0.3 is 18.6 Å². The smallest absolute Gasteiger partial charge is 0.324 e. The zero-order valence-electron chi connectivity index (χ0n) is 28.5. The third kappa shape index (κ3) is 8.34. The van der Waals surface area contributed by atoms with Crippen LogP contribution in [0.1, 0.15) is 70.3 Å². The monoisotopic (exact) mass is 721 g/mol. The number of ether oxygens (including phenoxy) is 3. The van der Waals surface area contributed by atoms with Crippen molar-refractivity contribution in [2.75, 3.05) is 0 Å². The number of carbonyl (C=O) groups is 3. The van der Waals surface area contributed by atoms with Crippen molar-refractivity contribution < 1.29 is 33.0 Å². The highest BCUT2D eigenvalue weighted by Gasteiger charge is 2.52. The van der Waals surface area contributed by atoms with Gasteiger partial charge in [0.15, 0.2) is 11.2 Å². The van der Waals surface area contributed by atoms with Crippen molar-refractivity contribution in [1.29, 1.82) is 0 Å². The topological polar surface area (TPSA) is 140 Å². The molecule has 3 aromatic carbocycles. The summed E-state index contributed by atoms with van der Waals surface area (Å²) in [5, 5.41) is 9.72. The summed E-state index contributed by atoms with van der Waals surface area (Å²) in [5.41, 5.74) is -3.02. The van der Waals surface area contributed by atoms with Crippen LogP contribution in [0.4, 0.5) is 0 Å². The molecule has 0 aliphatic carbocycles. The number of hydrogen-bond acceptors (Lipinski definition) is 10. The second kappa shape index (κ2) is 14.2. The van der Waals surface area contributed by atoms with Crippen LogP contribution < -0.4 is 10.3 Å². The Hall–Kier alpha value is -4.74.